The number of nitro benzene ring substituents is 1. The van der Waals surface area contributed by atoms with E-state index in [1.807, 2.05) is 0 Å². The van der Waals surface area contributed by atoms with Gasteiger partial charge in [-0.1, -0.05) is 24.3 Å². The van der Waals surface area contributed by atoms with E-state index in [2.05, 4.69) is 0 Å². The summed E-state index contributed by atoms with van der Waals surface area (Å²) in [5, 5.41) is 21.1. The minimum absolute atomic E-state index is 0.0229. The quantitative estimate of drug-likeness (QED) is 0.472. The molecular weight excluding hydrogens is 262 g/mol. The maximum atomic E-state index is 12.1. The summed E-state index contributed by atoms with van der Waals surface area (Å²) in [5.74, 6) is -1.66. The number of rotatable bonds is 4. The normalized spacial score (nSPS) is 10.0. The van der Waals surface area contributed by atoms with Gasteiger partial charge in [0.05, 0.1) is 10.9 Å². The van der Waals surface area contributed by atoms with Crippen molar-refractivity contribution in [1.82, 2.24) is 0 Å². The zero-order valence-corrected chi connectivity index (χ0v) is 10.1. The molecule has 6 nitrogen and oxygen atoms in total. The third-order valence-electron chi connectivity index (χ3n) is 2.72. The number of ketones is 1. The highest BCUT2D eigenvalue weighted by Crippen LogP contribution is 2.15. The highest BCUT2D eigenvalue weighted by atomic mass is 16.6. The number of carboxylic acid groups (broad SMARTS) is 1. The van der Waals surface area contributed by atoms with Crippen LogP contribution in [0.25, 0.3) is 0 Å². The van der Waals surface area contributed by atoms with E-state index in [1.165, 1.54) is 48.5 Å². The van der Waals surface area contributed by atoms with Gasteiger partial charge >= 0.3 is 0 Å². The Labute approximate surface area is 113 Å². The molecule has 6 heteroatoms. The Kier molecular flexibility index (Phi) is 3.56. The van der Waals surface area contributed by atoms with E-state index in [1.54, 1.807) is 0 Å². The molecule has 0 saturated carbocycles. The maximum Gasteiger partial charge on any atom is 0.269 e. The van der Waals surface area contributed by atoms with Crippen molar-refractivity contribution in [1.29, 1.82) is 0 Å². The number of non-ortho nitro benzene ring substituents is 1. The minimum Gasteiger partial charge on any atom is -0.545 e. The zero-order valence-electron chi connectivity index (χ0n) is 10.1. The number of nitro groups is 1. The number of carbonyl (C=O) groups is 2. The second kappa shape index (κ2) is 5.31. The van der Waals surface area contributed by atoms with Gasteiger partial charge in [-0.25, -0.2) is 0 Å². The smallest absolute Gasteiger partial charge is 0.269 e. The Morgan fingerprint density at radius 3 is 1.60 bits per heavy atom. The van der Waals surface area contributed by atoms with Gasteiger partial charge in [-0.3, -0.25) is 14.9 Å². The van der Waals surface area contributed by atoms with Gasteiger partial charge in [0.15, 0.2) is 5.78 Å². The second-order valence-electron chi connectivity index (χ2n) is 4.00. The van der Waals surface area contributed by atoms with E-state index in [9.17, 15) is 24.8 Å². The molecule has 0 saturated heterocycles. The lowest BCUT2D eigenvalue weighted by Crippen LogP contribution is -2.22. The summed E-state index contributed by atoms with van der Waals surface area (Å²) >= 11 is 0. The highest BCUT2D eigenvalue weighted by molar-refractivity contribution is 6.09. The van der Waals surface area contributed by atoms with E-state index in [0.717, 1.165) is 0 Å². The fourth-order valence-corrected chi connectivity index (χ4v) is 1.66. The van der Waals surface area contributed by atoms with Crippen molar-refractivity contribution in [2.24, 2.45) is 0 Å². The molecule has 0 N–H and O–H groups in total. The van der Waals surface area contributed by atoms with Crippen LogP contribution >= 0.6 is 0 Å². The molecule has 100 valence electrons. The Hall–Kier alpha value is -3.02. The van der Waals surface area contributed by atoms with E-state index < -0.39 is 10.9 Å². The summed E-state index contributed by atoms with van der Waals surface area (Å²) in [6.45, 7) is 0. The highest BCUT2D eigenvalue weighted by Gasteiger charge is 2.11. The standard InChI is InChI=1S/C14H9NO5/c16-13(9-1-3-11(4-2-9)14(17)18)10-5-7-12(8-6-10)15(19)20/h1-8H,(H,17,18)/p-1. The van der Waals surface area contributed by atoms with Crippen molar-refractivity contribution >= 4 is 17.4 Å². The predicted molar refractivity (Wildman–Crippen MR) is 67.3 cm³/mol. The van der Waals surface area contributed by atoms with Gasteiger partial charge in [-0.2, -0.15) is 0 Å². The number of aromatic carboxylic acids is 1. The number of carboxylic acids is 1. The molecule has 0 atom stereocenters. The van der Waals surface area contributed by atoms with E-state index in [-0.39, 0.29) is 22.6 Å². The van der Waals surface area contributed by atoms with Crippen molar-refractivity contribution in [3.63, 3.8) is 0 Å². The Morgan fingerprint density at radius 2 is 1.20 bits per heavy atom. The molecule has 20 heavy (non-hydrogen) atoms. The van der Waals surface area contributed by atoms with Crippen LogP contribution in [0.2, 0.25) is 0 Å². The molecule has 2 aromatic carbocycles. The summed E-state index contributed by atoms with van der Waals surface area (Å²) in [6.07, 6.45) is 0. The fourth-order valence-electron chi connectivity index (χ4n) is 1.66. The lowest BCUT2D eigenvalue weighted by atomic mass is 10.0. The van der Waals surface area contributed by atoms with Gasteiger partial charge in [0.2, 0.25) is 0 Å². The molecule has 2 aromatic rings. The van der Waals surface area contributed by atoms with Crippen LogP contribution in [0.5, 0.6) is 0 Å². The second-order valence-corrected chi connectivity index (χ2v) is 4.00. The zero-order chi connectivity index (χ0) is 14.7. The van der Waals surface area contributed by atoms with Gasteiger partial charge in [0.25, 0.3) is 5.69 Å². The van der Waals surface area contributed by atoms with Crippen molar-refractivity contribution in [2.45, 2.75) is 0 Å². The van der Waals surface area contributed by atoms with Gasteiger partial charge in [-0.15, -0.1) is 0 Å². The van der Waals surface area contributed by atoms with Gasteiger partial charge in [0, 0.05) is 23.3 Å². The van der Waals surface area contributed by atoms with Crippen LogP contribution in [-0.4, -0.2) is 16.7 Å². The molecule has 0 aliphatic carbocycles. The first-order valence-corrected chi connectivity index (χ1v) is 5.59. The molecule has 0 heterocycles. The van der Waals surface area contributed by atoms with Crippen molar-refractivity contribution in [3.8, 4) is 0 Å². The molecule has 0 spiro atoms. The SMILES string of the molecule is O=C([O-])c1ccc(C(=O)c2ccc([N+](=O)[O-])cc2)cc1. The van der Waals surface area contributed by atoms with Crippen LogP contribution in [0, 0.1) is 10.1 Å². The lowest BCUT2D eigenvalue weighted by molar-refractivity contribution is -0.384. The molecule has 0 aliphatic rings. The van der Waals surface area contributed by atoms with Crippen LogP contribution in [0.4, 0.5) is 5.69 Å². The van der Waals surface area contributed by atoms with Crippen molar-refractivity contribution in [2.75, 3.05) is 0 Å². The third kappa shape index (κ3) is 2.69. The predicted octanol–water partition coefficient (Wildman–Crippen LogP) is 1.19. The van der Waals surface area contributed by atoms with Gasteiger partial charge in [0.1, 0.15) is 0 Å². The van der Waals surface area contributed by atoms with Crippen LogP contribution in [0.3, 0.4) is 0 Å². The monoisotopic (exact) mass is 270 g/mol. The maximum absolute atomic E-state index is 12.1. The topological polar surface area (TPSA) is 100 Å². The molecule has 0 bridgehead atoms. The number of hydrogen-bond acceptors (Lipinski definition) is 5. The van der Waals surface area contributed by atoms with Crippen LogP contribution < -0.4 is 5.11 Å². The molecule has 0 radical (unpaired) electrons. The largest absolute Gasteiger partial charge is 0.545 e. The average Bonchev–Trinajstić information content (AvgIpc) is 2.46. The van der Waals surface area contributed by atoms with E-state index in [4.69, 9.17) is 0 Å². The first-order valence-electron chi connectivity index (χ1n) is 5.59. The Morgan fingerprint density at radius 1 is 0.800 bits per heavy atom. The molecule has 0 amide bonds. The van der Waals surface area contributed by atoms with E-state index in [0.29, 0.717) is 5.56 Å². The van der Waals surface area contributed by atoms with Crippen molar-refractivity contribution in [3.05, 3.63) is 75.3 Å². The average molecular weight is 270 g/mol. The summed E-state index contributed by atoms with van der Waals surface area (Å²) in [7, 11) is 0. The molecule has 0 unspecified atom stereocenters. The van der Waals surface area contributed by atoms with Crippen molar-refractivity contribution < 1.29 is 19.6 Å². The number of hydrogen-bond donors (Lipinski definition) is 0. The van der Waals surface area contributed by atoms with Crippen LogP contribution in [0.15, 0.2) is 48.5 Å². The van der Waals surface area contributed by atoms with Crippen LogP contribution in [-0.2, 0) is 0 Å². The lowest BCUT2D eigenvalue weighted by Gasteiger charge is -2.04. The first-order chi connectivity index (χ1) is 9.49. The minimum atomic E-state index is -1.32. The first kappa shape index (κ1) is 13.4. The summed E-state index contributed by atoms with van der Waals surface area (Å²) in [6, 6.07) is 10.5. The number of benzene rings is 2. The van der Waals surface area contributed by atoms with Gasteiger partial charge < -0.3 is 9.90 Å². The van der Waals surface area contributed by atoms with Gasteiger partial charge in [-0.05, 0) is 17.7 Å². The molecule has 0 fully saturated rings. The van der Waals surface area contributed by atoms with E-state index >= 15 is 0 Å². The Balaban J connectivity index is 2.26. The summed E-state index contributed by atoms with van der Waals surface area (Å²) in [5.41, 5.74) is 0.458. The van der Waals surface area contributed by atoms with Crippen LogP contribution in [0.1, 0.15) is 26.3 Å². The molecular formula is C14H8NO5-. The number of nitrogens with zero attached hydrogens (tertiary/aromatic N) is 1. The number of carbonyl (C=O) groups excluding carboxylic acids is 2. The molecule has 0 aromatic heterocycles. The summed E-state index contributed by atoms with van der Waals surface area (Å²) < 4.78 is 0. The Bertz CT molecular complexity index is 614. The molecule has 0 aliphatic heterocycles. The third-order valence-corrected chi connectivity index (χ3v) is 2.72. The summed E-state index contributed by atoms with van der Waals surface area (Å²) in [4.78, 5) is 32.6. The fraction of sp³-hybridized carbons (Fsp3) is 0. The molecule has 2 rings (SSSR count).